The van der Waals surface area contributed by atoms with Crippen LogP contribution in [-0.4, -0.2) is 0 Å². The van der Waals surface area contributed by atoms with E-state index >= 15 is 0 Å². The van der Waals surface area contributed by atoms with Crippen LogP contribution in [0, 0.1) is 11.7 Å². The van der Waals surface area contributed by atoms with Crippen LogP contribution >= 0.6 is 11.6 Å². The third kappa shape index (κ3) is 2.57. The van der Waals surface area contributed by atoms with Crippen molar-refractivity contribution in [1.29, 1.82) is 0 Å². The van der Waals surface area contributed by atoms with Gasteiger partial charge in [0.15, 0.2) is 0 Å². The maximum atomic E-state index is 14.0. The molecule has 0 bridgehead atoms. The highest BCUT2D eigenvalue weighted by atomic mass is 35.5. The molecule has 0 amide bonds. The molecule has 2 aromatic carbocycles. The molecule has 0 saturated heterocycles. The quantitative estimate of drug-likeness (QED) is 0.664. The number of hydrogen-bond acceptors (Lipinski definition) is 2. The van der Waals surface area contributed by atoms with Crippen molar-refractivity contribution in [3.05, 3.63) is 70.5 Å². The van der Waals surface area contributed by atoms with Gasteiger partial charge in [-0.25, -0.2) is 4.39 Å². The third-order valence-electron chi connectivity index (χ3n) is 3.97. The van der Waals surface area contributed by atoms with Gasteiger partial charge in [0.2, 0.25) is 0 Å². The zero-order valence-corrected chi connectivity index (χ0v) is 11.6. The molecule has 1 aliphatic rings. The smallest absolute Gasteiger partial charge is 0.128 e. The first-order chi connectivity index (χ1) is 9.70. The van der Waals surface area contributed by atoms with Gasteiger partial charge in [-0.3, -0.25) is 11.3 Å². The Morgan fingerprint density at radius 3 is 2.65 bits per heavy atom. The van der Waals surface area contributed by atoms with Gasteiger partial charge >= 0.3 is 0 Å². The van der Waals surface area contributed by atoms with Gasteiger partial charge in [0, 0.05) is 10.6 Å². The second-order valence-electron chi connectivity index (χ2n) is 5.23. The van der Waals surface area contributed by atoms with E-state index in [1.54, 1.807) is 12.1 Å². The molecule has 1 aliphatic carbocycles. The second kappa shape index (κ2) is 5.52. The Morgan fingerprint density at radius 1 is 1.20 bits per heavy atom. The molecule has 3 unspecified atom stereocenters. The Morgan fingerprint density at radius 2 is 1.95 bits per heavy atom. The Balaban J connectivity index is 1.84. The molecule has 3 atom stereocenters. The summed E-state index contributed by atoms with van der Waals surface area (Å²) < 4.78 is 14.0. The van der Waals surface area contributed by atoms with E-state index in [0.29, 0.717) is 22.4 Å². The van der Waals surface area contributed by atoms with Crippen molar-refractivity contribution in [3.8, 4) is 0 Å². The van der Waals surface area contributed by atoms with Crippen molar-refractivity contribution in [2.45, 2.75) is 18.4 Å². The summed E-state index contributed by atoms with van der Waals surface area (Å²) in [5, 5.41) is 0.526. The highest BCUT2D eigenvalue weighted by molar-refractivity contribution is 6.30. The Labute approximate surface area is 122 Å². The topological polar surface area (TPSA) is 38.0 Å². The second-order valence-corrected chi connectivity index (χ2v) is 5.66. The lowest BCUT2D eigenvalue weighted by molar-refractivity contribution is 0.461. The summed E-state index contributed by atoms with van der Waals surface area (Å²) in [6.45, 7) is 0. The average molecular weight is 291 g/mol. The van der Waals surface area contributed by atoms with Crippen LogP contribution in [-0.2, 0) is 0 Å². The molecule has 1 saturated carbocycles. The van der Waals surface area contributed by atoms with E-state index in [4.69, 9.17) is 17.4 Å². The molecule has 4 heteroatoms. The molecule has 2 aromatic rings. The normalized spacial score (nSPS) is 22.6. The van der Waals surface area contributed by atoms with Crippen molar-refractivity contribution in [1.82, 2.24) is 5.43 Å². The highest BCUT2D eigenvalue weighted by Gasteiger charge is 2.44. The van der Waals surface area contributed by atoms with Crippen molar-refractivity contribution in [3.63, 3.8) is 0 Å². The summed E-state index contributed by atoms with van der Waals surface area (Å²) in [5.41, 5.74) is 4.57. The van der Waals surface area contributed by atoms with Crippen LogP contribution in [0.2, 0.25) is 5.02 Å². The van der Waals surface area contributed by atoms with Crippen molar-refractivity contribution in [2.75, 3.05) is 0 Å². The average Bonchev–Trinajstić information content (AvgIpc) is 3.25. The molecular formula is C16H16ClFN2. The van der Waals surface area contributed by atoms with Crippen LogP contribution in [0.5, 0.6) is 0 Å². The van der Waals surface area contributed by atoms with E-state index in [-0.39, 0.29) is 11.9 Å². The van der Waals surface area contributed by atoms with Crippen LogP contribution in [0.3, 0.4) is 0 Å². The van der Waals surface area contributed by atoms with Crippen molar-refractivity contribution >= 4 is 11.6 Å². The summed E-state index contributed by atoms with van der Waals surface area (Å²) in [5.74, 6) is 6.11. The molecule has 0 radical (unpaired) electrons. The molecule has 0 aliphatic heterocycles. The van der Waals surface area contributed by atoms with Gasteiger partial charge in [-0.15, -0.1) is 0 Å². The van der Waals surface area contributed by atoms with Crippen LogP contribution in [0.4, 0.5) is 4.39 Å². The Hall–Kier alpha value is -1.42. The predicted molar refractivity (Wildman–Crippen MR) is 78.8 cm³/mol. The fourth-order valence-corrected chi connectivity index (χ4v) is 3.04. The third-order valence-corrected chi connectivity index (χ3v) is 4.20. The van der Waals surface area contributed by atoms with Crippen LogP contribution in [0.1, 0.15) is 29.5 Å². The Bertz CT molecular complexity index is 603. The molecule has 3 N–H and O–H groups in total. The van der Waals surface area contributed by atoms with E-state index < -0.39 is 0 Å². The maximum Gasteiger partial charge on any atom is 0.128 e. The predicted octanol–water partition coefficient (Wildman–Crippen LogP) is 3.79. The van der Waals surface area contributed by atoms with Gasteiger partial charge in [0.05, 0.1) is 6.04 Å². The van der Waals surface area contributed by atoms with Gasteiger partial charge in [-0.2, -0.15) is 0 Å². The molecule has 0 spiro atoms. The van der Waals surface area contributed by atoms with Crippen molar-refractivity contribution < 1.29 is 4.39 Å². The van der Waals surface area contributed by atoms with E-state index in [9.17, 15) is 4.39 Å². The monoisotopic (exact) mass is 290 g/mol. The SMILES string of the molecule is NNC(c1cc(Cl)ccc1F)C1CC1c1ccccc1. The van der Waals surface area contributed by atoms with Crippen LogP contribution in [0.25, 0.3) is 0 Å². The van der Waals surface area contributed by atoms with E-state index in [0.717, 1.165) is 6.42 Å². The van der Waals surface area contributed by atoms with Gasteiger partial charge in [-0.1, -0.05) is 41.9 Å². The first-order valence-electron chi connectivity index (χ1n) is 6.66. The van der Waals surface area contributed by atoms with Gasteiger partial charge in [-0.05, 0) is 42.0 Å². The lowest BCUT2D eigenvalue weighted by Crippen LogP contribution is -2.30. The van der Waals surface area contributed by atoms with Gasteiger partial charge in [0.1, 0.15) is 5.82 Å². The maximum absolute atomic E-state index is 14.0. The Kier molecular flexibility index (Phi) is 3.74. The van der Waals surface area contributed by atoms with Gasteiger partial charge in [0.25, 0.3) is 0 Å². The van der Waals surface area contributed by atoms with E-state index in [1.807, 2.05) is 18.2 Å². The first kappa shape index (κ1) is 13.6. The highest BCUT2D eigenvalue weighted by Crippen LogP contribution is 2.54. The molecular weight excluding hydrogens is 275 g/mol. The van der Waals surface area contributed by atoms with E-state index in [2.05, 4.69) is 17.6 Å². The van der Waals surface area contributed by atoms with Crippen molar-refractivity contribution in [2.24, 2.45) is 11.8 Å². The zero-order chi connectivity index (χ0) is 14.1. The summed E-state index contributed by atoms with van der Waals surface area (Å²) in [4.78, 5) is 0. The molecule has 104 valence electrons. The van der Waals surface area contributed by atoms with E-state index in [1.165, 1.54) is 11.6 Å². The summed E-state index contributed by atoms with van der Waals surface area (Å²) in [6, 6.07) is 14.6. The fraction of sp³-hybridized carbons (Fsp3) is 0.250. The summed E-state index contributed by atoms with van der Waals surface area (Å²) in [6.07, 6.45) is 1.00. The molecule has 0 heterocycles. The minimum Gasteiger partial charge on any atom is -0.271 e. The molecule has 2 nitrogen and oxygen atoms in total. The minimum atomic E-state index is -0.268. The summed E-state index contributed by atoms with van der Waals surface area (Å²) in [7, 11) is 0. The number of hydrogen-bond donors (Lipinski definition) is 2. The lowest BCUT2D eigenvalue weighted by Gasteiger charge is -2.17. The van der Waals surface area contributed by atoms with Crippen LogP contribution < -0.4 is 11.3 Å². The molecule has 3 rings (SSSR count). The number of hydrazine groups is 1. The number of benzene rings is 2. The first-order valence-corrected chi connectivity index (χ1v) is 7.04. The number of nitrogens with one attached hydrogen (secondary N) is 1. The zero-order valence-electron chi connectivity index (χ0n) is 10.9. The largest absolute Gasteiger partial charge is 0.271 e. The number of rotatable bonds is 4. The number of halogens is 2. The molecule has 0 aromatic heterocycles. The minimum absolute atomic E-state index is 0.209. The molecule has 20 heavy (non-hydrogen) atoms. The number of nitrogens with two attached hydrogens (primary N) is 1. The lowest BCUT2D eigenvalue weighted by atomic mass is 9.99. The van der Waals surface area contributed by atoms with Gasteiger partial charge < -0.3 is 0 Å². The summed E-state index contributed by atoms with van der Waals surface area (Å²) >= 11 is 5.96. The van der Waals surface area contributed by atoms with Crippen LogP contribution in [0.15, 0.2) is 48.5 Å². The fourth-order valence-electron chi connectivity index (χ4n) is 2.86. The molecule has 1 fully saturated rings. The standard InChI is InChI=1S/C16H16ClFN2/c17-11-6-7-15(18)14(8-11)16(20-19)13-9-12(13)10-4-2-1-3-5-10/h1-8,12-13,16,20H,9,19H2.